The van der Waals surface area contributed by atoms with Crippen LogP contribution in [0, 0.1) is 10.1 Å². The zero-order chi connectivity index (χ0) is 11.4. The maximum absolute atomic E-state index is 10.5. The Labute approximate surface area is 95.8 Å². The number of nitrogens with zero attached hydrogens (tertiary/aromatic N) is 1. The monoisotopic (exact) mass is 271 g/mol. The van der Waals surface area contributed by atoms with E-state index in [0.29, 0.717) is 11.3 Å². The number of ether oxygens (including phenoxy) is 1. The molecule has 0 saturated carbocycles. The van der Waals surface area contributed by atoms with Crippen LogP contribution < -0.4 is 4.74 Å². The second kappa shape index (κ2) is 4.93. The lowest BCUT2D eigenvalue weighted by atomic mass is 10.2. The van der Waals surface area contributed by atoms with Gasteiger partial charge in [0.25, 0.3) is 0 Å². The van der Waals surface area contributed by atoms with Crippen LogP contribution in [0.25, 0.3) is 6.08 Å². The Morgan fingerprint density at radius 3 is 2.80 bits per heavy atom. The van der Waals surface area contributed by atoms with E-state index in [1.807, 2.05) is 6.07 Å². The third-order valence-corrected chi connectivity index (χ3v) is 2.48. The molecule has 0 spiro atoms. The lowest BCUT2D eigenvalue weighted by Gasteiger charge is -2.06. The summed E-state index contributed by atoms with van der Waals surface area (Å²) < 4.78 is 5.92. The molecule has 0 radical (unpaired) electrons. The van der Waals surface area contributed by atoms with Crippen molar-refractivity contribution < 1.29 is 9.66 Å². The van der Waals surface area contributed by atoms with Gasteiger partial charge in [-0.25, -0.2) is 0 Å². The summed E-state index contributed by atoms with van der Waals surface area (Å²) in [4.78, 5) is 10.0. The number of allylic oxidation sites excluding steroid dienone is 1. The molecule has 0 aliphatic rings. The van der Waals surface area contributed by atoms with Gasteiger partial charge in [0.05, 0.1) is 16.5 Å². The molecule has 80 valence electrons. The Kier molecular flexibility index (Phi) is 3.85. The number of hydrogen-bond donors (Lipinski definition) is 0. The summed E-state index contributed by atoms with van der Waals surface area (Å²) >= 11 is 3.31. The van der Waals surface area contributed by atoms with Crippen molar-refractivity contribution in [1.29, 1.82) is 0 Å². The van der Waals surface area contributed by atoms with Gasteiger partial charge < -0.3 is 4.74 Å². The lowest BCUT2D eigenvalue weighted by Crippen LogP contribution is -1.94. The number of rotatable bonds is 3. The molecule has 1 rings (SSSR count). The molecule has 15 heavy (non-hydrogen) atoms. The molecular formula is C10H10BrNO3. The maximum atomic E-state index is 10.5. The molecule has 0 bridgehead atoms. The first-order valence-electron chi connectivity index (χ1n) is 4.21. The molecule has 0 heterocycles. The fourth-order valence-electron chi connectivity index (χ4n) is 1.13. The van der Waals surface area contributed by atoms with Crippen LogP contribution in [0.15, 0.2) is 28.4 Å². The Hall–Kier alpha value is -1.36. The van der Waals surface area contributed by atoms with Crippen molar-refractivity contribution in [3.05, 3.63) is 44.0 Å². The van der Waals surface area contributed by atoms with E-state index in [1.54, 1.807) is 12.1 Å². The first kappa shape index (κ1) is 11.7. The third-order valence-electron chi connectivity index (χ3n) is 1.85. The second-order valence-electron chi connectivity index (χ2n) is 2.91. The first-order valence-corrected chi connectivity index (χ1v) is 5.00. The maximum Gasteiger partial charge on any atom is 0.243 e. The summed E-state index contributed by atoms with van der Waals surface area (Å²) in [5, 5.41) is 10.5. The van der Waals surface area contributed by atoms with E-state index >= 15 is 0 Å². The van der Waals surface area contributed by atoms with Crippen LogP contribution in [0.5, 0.6) is 5.75 Å². The molecule has 5 heteroatoms. The highest BCUT2D eigenvalue weighted by atomic mass is 79.9. The number of methoxy groups -OCH3 is 1. The van der Waals surface area contributed by atoms with Crippen molar-refractivity contribution in [2.24, 2.45) is 0 Å². The van der Waals surface area contributed by atoms with Crippen molar-refractivity contribution in [2.75, 3.05) is 7.11 Å². The Morgan fingerprint density at radius 2 is 2.27 bits per heavy atom. The number of hydrogen-bond acceptors (Lipinski definition) is 3. The molecule has 0 fully saturated rings. The van der Waals surface area contributed by atoms with Gasteiger partial charge in [-0.3, -0.25) is 10.1 Å². The van der Waals surface area contributed by atoms with Gasteiger partial charge in [-0.15, -0.1) is 0 Å². The minimum absolute atomic E-state index is 0.0754. The van der Waals surface area contributed by atoms with E-state index in [4.69, 9.17) is 4.74 Å². The molecule has 4 nitrogen and oxygen atoms in total. The minimum atomic E-state index is -0.430. The molecule has 0 aliphatic heterocycles. The van der Waals surface area contributed by atoms with Gasteiger partial charge in [0.1, 0.15) is 5.75 Å². The average Bonchev–Trinajstić information content (AvgIpc) is 2.18. The zero-order valence-corrected chi connectivity index (χ0v) is 9.95. The van der Waals surface area contributed by atoms with Crippen molar-refractivity contribution in [1.82, 2.24) is 0 Å². The highest BCUT2D eigenvalue weighted by Crippen LogP contribution is 2.30. The van der Waals surface area contributed by atoms with Gasteiger partial charge in [0.2, 0.25) is 5.70 Å². The van der Waals surface area contributed by atoms with Gasteiger partial charge in [-0.2, -0.15) is 0 Å². The van der Waals surface area contributed by atoms with Crippen molar-refractivity contribution in [3.63, 3.8) is 0 Å². The van der Waals surface area contributed by atoms with E-state index in [9.17, 15) is 10.1 Å². The smallest absolute Gasteiger partial charge is 0.243 e. The molecule has 0 amide bonds. The predicted octanol–water partition coefficient (Wildman–Crippen LogP) is 3.10. The standard InChI is InChI=1S/C10H10BrNO3/c1-7(12(13)14)6-8-4-3-5-9(11)10(8)15-2/h3-6H,1-2H3/b7-6+. The van der Waals surface area contributed by atoms with Gasteiger partial charge in [-0.05, 0) is 22.0 Å². The summed E-state index contributed by atoms with van der Waals surface area (Å²) in [6, 6.07) is 5.37. The van der Waals surface area contributed by atoms with Gasteiger partial charge >= 0.3 is 0 Å². The molecular weight excluding hydrogens is 262 g/mol. The summed E-state index contributed by atoms with van der Waals surface area (Å²) in [5.41, 5.74) is 0.757. The first-order chi connectivity index (χ1) is 7.06. The van der Waals surface area contributed by atoms with Crippen LogP contribution in [-0.4, -0.2) is 12.0 Å². The van der Waals surface area contributed by atoms with E-state index in [1.165, 1.54) is 20.1 Å². The van der Waals surface area contributed by atoms with Gasteiger partial charge in [0, 0.05) is 18.6 Å². The highest BCUT2D eigenvalue weighted by Gasteiger charge is 2.08. The molecule has 0 N–H and O–H groups in total. The second-order valence-corrected chi connectivity index (χ2v) is 3.76. The summed E-state index contributed by atoms with van der Waals surface area (Å²) in [6.45, 7) is 1.44. The summed E-state index contributed by atoms with van der Waals surface area (Å²) in [7, 11) is 1.53. The van der Waals surface area contributed by atoms with Gasteiger partial charge in [-0.1, -0.05) is 12.1 Å². The van der Waals surface area contributed by atoms with Crippen LogP contribution in [0.3, 0.4) is 0 Å². The van der Waals surface area contributed by atoms with E-state index < -0.39 is 4.92 Å². The largest absolute Gasteiger partial charge is 0.495 e. The Balaban J connectivity index is 3.20. The van der Waals surface area contributed by atoms with E-state index in [2.05, 4.69) is 15.9 Å². The quantitative estimate of drug-likeness (QED) is 0.627. The van der Waals surface area contributed by atoms with E-state index in [-0.39, 0.29) is 5.70 Å². The molecule has 0 atom stereocenters. The molecule has 1 aromatic carbocycles. The van der Waals surface area contributed by atoms with Crippen molar-refractivity contribution in [2.45, 2.75) is 6.92 Å². The lowest BCUT2D eigenvalue weighted by molar-refractivity contribution is -0.422. The van der Waals surface area contributed by atoms with Crippen molar-refractivity contribution >= 4 is 22.0 Å². The number of halogens is 1. The van der Waals surface area contributed by atoms with Gasteiger partial charge in [0.15, 0.2) is 0 Å². The van der Waals surface area contributed by atoms with Crippen LogP contribution >= 0.6 is 15.9 Å². The predicted molar refractivity (Wildman–Crippen MR) is 61.3 cm³/mol. The summed E-state index contributed by atoms with van der Waals surface area (Å²) in [6.07, 6.45) is 1.48. The fourth-order valence-corrected chi connectivity index (χ4v) is 1.68. The number of benzene rings is 1. The highest BCUT2D eigenvalue weighted by molar-refractivity contribution is 9.10. The third kappa shape index (κ3) is 2.79. The van der Waals surface area contributed by atoms with Crippen molar-refractivity contribution in [3.8, 4) is 5.75 Å². The molecule has 0 unspecified atom stereocenters. The van der Waals surface area contributed by atoms with Crippen LogP contribution in [0.4, 0.5) is 0 Å². The topological polar surface area (TPSA) is 52.4 Å². The van der Waals surface area contributed by atoms with Crippen LogP contribution in [-0.2, 0) is 0 Å². The normalized spacial score (nSPS) is 11.3. The molecule has 0 aromatic heterocycles. The van der Waals surface area contributed by atoms with E-state index in [0.717, 1.165) is 4.47 Å². The average molecular weight is 272 g/mol. The Morgan fingerprint density at radius 1 is 1.60 bits per heavy atom. The Bertz CT molecular complexity index is 415. The number of nitro groups is 1. The minimum Gasteiger partial charge on any atom is -0.495 e. The van der Waals surface area contributed by atoms with Crippen LogP contribution in [0.1, 0.15) is 12.5 Å². The molecule has 0 aliphatic carbocycles. The molecule has 0 saturated heterocycles. The zero-order valence-electron chi connectivity index (χ0n) is 8.36. The SMILES string of the molecule is COc1c(Br)cccc1/C=C(\C)[N+](=O)[O-]. The van der Waals surface area contributed by atoms with Crippen LogP contribution in [0.2, 0.25) is 0 Å². The molecule has 1 aromatic rings. The number of para-hydroxylation sites is 1. The fraction of sp³-hybridized carbons (Fsp3) is 0.200. The summed E-state index contributed by atoms with van der Waals surface area (Å²) in [5.74, 6) is 0.596.